The van der Waals surface area contributed by atoms with Crippen LogP contribution in [0.2, 0.25) is 0 Å². The zero-order valence-corrected chi connectivity index (χ0v) is 14.4. The first-order valence-corrected chi connectivity index (χ1v) is 8.12. The van der Waals surface area contributed by atoms with Crippen LogP contribution in [0.5, 0.6) is 5.75 Å². The predicted molar refractivity (Wildman–Crippen MR) is 87.7 cm³/mol. The van der Waals surface area contributed by atoms with Gasteiger partial charge in [-0.05, 0) is 25.1 Å². The number of methoxy groups -OCH3 is 1. The molecule has 0 radical (unpaired) electrons. The van der Waals surface area contributed by atoms with Gasteiger partial charge in [0.25, 0.3) is 0 Å². The van der Waals surface area contributed by atoms with Crippen LogP contribution in [0.25, 0.3) is 0 Å². The molecule has 0 bridgehead atoms. The van der Waals surface area contributed by atoms with Gasteiger partial charge in [0, 0.05) is 29.8 Å². The normalized spacial score (nSPS) is 11.0. The van der Waals surface area contributed by atoms with Crippen LogP contribution in [0.3, 0.4) is 0 Å². The topological polar surface area (TPSA) is 57.0 Å². The summed E-state index contributed by atoms with van der Waals surface area (Å²) in [4.78, 5) is 11.5. The summed E-state index contributed by atoms with van der Waals surface area (Å²) in [5, 5.41) is 9.32. The molecule has 0 saturated heterocycles. The fraction of sp³-hybridized carbons (Fsp3) is 0.438. The van der Waals surface area contributed by atoms with Crippen LogP contribution in [0.1, 0.15) is 48.4 Å². The zero-order valence-electron chi connectivity index (χ0n) is 13.6. The van der Waals surface area contributed by atoms with Crippen LogP contribution in [0.15, 0.2) is 23.4 Å². The van der Waals surface area contributed by atoms with E-state index in [4.69, 9.17) is 4.74 Å². The van der Waals surface area contributed by atoms with Crippen molar-refractivity contribution in [3.63, 3.8) is 0 Å². The summed E-state index contributed by atoms with van der Waals surface area (Å²) in [6.07, 6.45) is 0. The van der Waals surface area contributed by atoms with Crippen LogP contribution in [-0.4, -0.2) is 27.7 Å². The van der Waals surface area contributed by atoms with Gasteiger partial charge in [0.1, 0.15) is 11.6 Å². The molecule has 22 heavy (non-hydrogen) atoms. The Hall–Kier alpha value is -1.82. The number of benzene rings is 1. The molecule has 6 heteroatoms. The lowest BCUT2D eigenvalue weighted by atomic mass is 10.1. The third kappa shape index (κ3) is 3.50. The van der Waals surface area contributed by atoms with E-state index in [1.54, 1.807) is 31.9 Å². The molecule has 0 amide bonds. The number of carbonyl (C=O) groups is 1. The fourth-order valence-corrected chi connectivity index (χ4v) is 3.10. The summed E-state index contributed by atoms with van der Waals surface area (Å²) in [5.74, 6) is 2.81. The number of hydrogen-bond donors (Lipinski definition) is 0. The highest BCUT2D eigenvalue weighted by Crippen LogP contribution is 2.29. The number of Topliss-reactive ketones (excluding diaryl/α,β-unsaturated/α-hetero) is 1. The van der Waals surface area contributed by atoms with E-state index in [1.165, 1.54) is 0 Å². The standard InChI is InChI=1S/C16H21N3O2S/c1-10(2)15-17-18-16(19(15)4)22-9-13-8-12(11(3)20)6-7-14(13)21-5/h6-8,10H,9H2,1-5H3. The summed E-state index contributed by atoms with van der Waals surface area (Å²) < 4.78 is 7.39. The van der Waals surface area contributed by atoms with Crippen LogP contribution >= 0.6 is 11.8 Å². The Morgan fingerprint density at radius 3 is 2.64 bits per heavy atom. The maximum absolute atomic E-state index is 11.5. The molecule has 5 nitrogen and oxygen atoms in total. The van der Waals surface area contributed by atoms with Gasteiger partial charge in [-0.25, -0.2) is 0 Å². The number of thioether (sulfide) groups is 1. The Morgan fingerprint density at radius 1 is 1.36 bits per heavy atom. The average molecular weight is 319 g/mol. The van der Waals surface area contributed by atoms with Crippen molar-refractivity contribution < 1.29 is 9.53 Å². The van der Waals surface area contributed by atoms with Crippen LogP contribution < -0.4 is 4.74 Å². The van der Waals surface area contributed by atoms with Gasteiger partial charge in [-0.2, -0.15) is 0 Å². The van der Waals surface area contributed by atoms with Crippen LogP contribution in [-0.2, 0) is 12.8 Å². The third-order valence-corrected chi connectivity index (χ3v) is 4.50. The summed E-state index contributed by atoms with van der Waals surface area (Å²) in [6.45, 7) is 5.76. The van der Waals surface area contributed by atoms with Gasteiger partial charge in [-0.3, -0.25) is 4.79 Å². The quantitative estimate of drug-likeness (QED) is 0.603. The average Bonchev–Trinajstić information content (AvgIpc) is 2.85. The molecule has 0 N–H and O–H groups in total. The second-order valence-corrected chi connectivity index (χ2v) is 6.37. The molecule has 0 aliphatic heterocycles. The molecule has 1 aromatic heterocycles. The van der Waals surface area contributed by atoms with E-state index in [9.17, 15) is 4.79 Å². The molecular weight excluding hydrogens is 298 g/mol. The smallest absolute Gasteiger partial charge is 0.191 e. The number of rotatable bonds is 6. The molecule has 0 aliphatic carbocycles. The molecule has 0 fully saturated rings. The molecule has 2 aromatic rings. The second kappa shape index (κ2) is 6.96. The number of ketones is 1. The number of aromatic nitrogens is 3. The van der Waals surface area contributed by atoms with Crippen molar-refractivity contribution in [2.75, 3.05) is 7.11 Å². The molecule has 118 valence electrons. The Bertz CT molecular complexity index is 680. The first kappa shape index (κ1) is 16.5. The maximum atomic E-state index is 11.5. The third-order valence-electron chi connectivity index (χ3n) is 3.43. The fourth-order valence-electron chi connectivity index (χ4n) is 2.21. The van der Waals surface area contributed by atoms with Gasteiger partial charge in [0.05, 0.1) is 7.11 Å². The van der Waals surface area contributed by atoms with Crippen molar-refractivity contribution in [3.8, 4) is 5.75 Å². The molecule has 0 saturated carbocycles. The van der Waals surface area contributed by atoms with E-state index in [1.807, 2.05) is 23.7 Å². The van der Waals surface area contributed by atoms with Gasteiger partial charge in [0.2, 0.25) is 0 Å². The Balaban J connectivity index is 2.20. The van der Waals surface area contributed by atoms with Crippen molar-refractivity contribution in [1.82, 2.24) is 14.8 Å². The first-order valence-electron chi connectivity index (χ1n) is 7.14. The molecule has 1 aromatic carbocycles. The number of carbonyl (C=O) groups excluding carboxylic acids is 1. The molecule has 0 unspecified atom stereocenters. The molecule has 0 aliphatic rings. The lowest BCUT2D eigenvalue weighted by Gasteiger charge is -2.10. The summed E-state index contributed by atoms with van der Waals surface area (Å²) in [7, 11) is 3.61. The zero-order chi connectivity index (χ0) is 16.3. The molecule has 0 atom stereocenters. The summed E-state index contributed by atoms with van der Waals surface area (Å²) in [5.41, 5.74) is 1.67. The lowest BCUT2D eigenvalue weighted by molar-refractivity contribution is 0.101. The van der Waals surface area contributed by atoms with Crippen LogP contribution in [0, 0.1) is 0 Å². The minimum absolute atomic E-state index is 0.0506. The minimum Gasteiger partial charge on any atom is -0.496 e. The van der Waals surface area contributed by atoms with Crippen molar-refractivity contribution in [1.29, 1.82) is 0 Å². The molecule has 1 heterocycles. The van der Waals surface area contributed by atoms with Gasteiger partial charge < -0.3 is 9.30 Å². The Kier molecular flexibility index (Phi) is 5.24. The monoisotopic (exact) mass is 319 g/mol. The van der Waals surface area contributed by atoms with Gasteiger partial charge in [0.15, 0.2) is 10.9 Å². The molecular formula is C16H21N3O2S. The van der Waals surface area contributed by atoms with Crippen LogP contribution in [0.4, 0.5) is 0 Å². The van der Waals surface area contributed by atoms with E-state index in [2.05, 4.69) is 24.0 Å². The van der Waals surface area contributed by atoms with Crippen molar-refractivity contribution >= 4 is 17.5 Å². The SMILES string of the molecule is COc1ccc(C(C)=O)cc1CSc1nnc(C(C)C)n1C. The largest absolute Gasteiger partial charge is 0.496 e. The minimum atomic E-state index is 0.0506. The van der Waals surface area contributed by atoms with Gasteiger partial charge in [-0.15, -0.1) is 10.2 Å². The second-order valence-electron chi connectivity index (χ2n) is 5.43. The van der Waals surface area contributed by atoms with Crippen molar-refractivity contribution in [2.45, 2.75) is 37.6 Å². The highest BCUT2D eigenvalue weighted by atomic mass is 32.2. The van der Waals surface area contributed by atoms with Crippen molar-refractivity contribution in [3.05, 3.63) is 35.2 Å². The van der Waals surface area contributed by atoms with E-state index in [-0.39, 0.29) is 5.78 Å². The van der Waals surface area contributed by atoms with E-state index in [0.29, 0.717) is 17.2 Å². The van der Waals surface area contributed by atoms with Crippen molar-refractivity contribution in [2.24, 2.45) is 7.05 Å². The Morgan fingerprint density at radius 2 is 2.09 bits per heavy atom. The summed E-state index contributed by atoms with van der Waals surface area (Å²) in [6, 6.07) is 5.51. The number of ether oxygens (including phenoxy) is 1. The number of nitrogens with zero attached hydrogens (tertiary/aromatic N) is 3. The summed E-state index contributed by atoms with van der Waals surface area (Å²) >= 11 is 1.59. The molecule has 0 spiro atoms. The van der Waals surface area contributed by atoms with E-state index in [0.717, 1.165) is 22.3 Å². The lowest BCUT2D eigenvalue weighted by Crippen LogP contribution is -2.01. The van der Waals surface area contributed by atoms with E-state index >= 15 is 0 Å². The predicted octanol–water partition coefficient (Wildman–Crippen LogP) is 3.44. The maximum Gasteiger partial charge on any atom is 0.191 e. The molecule has 2 rings (SSSR count). The van der Waals surface area contributed by atoms with E-state index < -0.39 is 0 Å². The highest BCUT2D eigenvalue weighted by molar-refractivity contribution is 7.98. The number of hydrogen-bond acceptors (Lipinski definition) is 5. The highest BCUT2D eigenvalue weighted by Gasteiger charge is 2.14. The Labute approximate surface area is 135 Å². The van der Waals surface area contributed by atoms with Gasteiger partial charge >= 0.3 is 0 Å². The van der Waals surface area contributed by atoms with Gasteiger partial charge in [-0.1, -0.05) is 25.6 Å². The first-order chi connectivity index (χ1) is 10.4.